The van der Waals surface area contributed by atoms with Gasteiger partial charge >= 0.3 is 0 Å². The maximum absolute atomic E-state index is 11.4. The Morgan fingerprint density at radius 1 is 0.810 bits per heavy atom. The monoisotopic (exact) mass is 300 g/mol. The highest BCUT2D eigenvalue weighted by Crippen LogP contribution is 2.06. The van der Waals surface area contributed by atoms with Crippen LogP contribution in [0.25, 0.3) is 0 Å². The van der Waals surface area contributed by atoms with Gasteiger partial charge < -0.3 is 15.7 Å². The van der Waals surface area contributed by atoms with E-state index >= 15 is 0 Å². The van der Waals surface area contributed by atoms with Crippen LogP contribution in [0.2, 0.25) is 0 Å². The summed E-state index contributed by atoms with van der Waals surface area (Å²) in [6, 6.07) is 0. The zero-order valence-electron chi connectivity index (χ0n) is 14.0. The number of aliphatic hydroxyl groups is 1. The summed E-state index contributed by atoms with van der Waals surface area (Å²) in [7, 11) is 0. The molecule has 3 N–H and O–H groups in total. The van der Waals surface area contributed by atoms with Gasteiger partial charge in [0.15, 0.2) is 0 Å². The van der Waals surface area contributed by atoms with Crippen molar-refractivity contribution in [3.05, 3.63) is 0 Å². The second kappa shape index (κ2) is 17.4. The molecule has 0 aliphatic rings. The minimum Gasteiger partial charge on any atom is -0.396 e. The number of hydrogen-bond donors (Lipinski definition) is 3. The highest BCUT2D eigenvalue weighted by Gasteiger charge is 1.99. The van der Waals surface area contributed by atoms with Gasteiger partial charge in [-0.15, -0.1) is 0 Å². The molecule has 0 aliphatic heterocycles. The van der Waals surface area contributed by atoms with Crippen LogP contribution in [0.5, 0.6) is 0 Å². The topological polar surface area (TPSA) is 61.4 Å². The Morgan fingerprint density at radius 2 is 1.48 bits per heavy atom. The second-order valence-corrected chi connectivity index (χ2v) is 5.76. The highest BCUT2D eigenvalue weighted by molar-refractivity contribution is 5.75. The van der Waals surface area contributed by atoms with E-state index in [4.69, 9.17) is 5.11 Å². The number of amides is 1. The first kappa shape index (κ1) is 20.4. The van der Waals surface area contributed by atoms with Crippen molar-refractivity contribution >= 4 is 5.91 Å². The average Bonchev–Trinajstić information content (AvgIpc) is 2.48. The fourth-order valence-electron chi connectivity index (χ4n) is 2.28. The van der Waals surface area contributed by atoms with E-state index in [0.29, 0.717) is 13.0 Å². The van der Waals surface area contributed by atoms with Crippen molar-refractivity contribution in [1.29, 1.82) is 0 Å². The fourth-order valence-corrected chi connectivity index (χ4v) is 2.28. The molecule has 4 nitrogen and oxygen atoms in total. The van der Waals surface area contributed by atoms with Crippen molar-refractivity contribution in [1.82, 2.24) is 10.6 Å². The lowest BCUT2D eigenvalue weighted by Crippen LogP contribution is -2.32. The summed E-state index contributed by atoms with van der Waals surface area (Å²) in [6.45, 7) is 5.14. The van der Waals surface area contributed by atoms with Gasteiger partial charge in [0.05, 0.1) is 0 Å². The van der Waals surface area contributed by atoms with E-state index in [1.54, 1.807) is 0 Å². The Hall–Kier alpha value is -0.610. The van der Waals surface area contributed by atoms with Crippen LogP contribution in [0.3, 0.4) is 0 Å². The molecular weight excluding hydrogens is 264 g/mol. The van der Waals surface area contributed by atoms with Gasteiger partial charge in [-0.3, -0.25) is 4.79 Å². The Morgan fingerprint density at radius 3 is 2.14 bits per heavy atom. The van der Waals surface area contributed by atoms with Crippen LogP contribution in [-0.2, 0) is 4.79 Å². The number of aliphatic hydroxyl groups excluding tert-OH is 1. The van der Waals surface area contributed by atoms with E-state index in [2.05, 4.69) is 17.6 Å². The summed E-state index contributed by atoms with van der Waals surface area (Å²) in [5.74, 6) is 0.188. The number of rotatable bonds is 16. The predicted octanol–water partition coefficient (Wildman–Crippen LogP) is 3.00. The van der Waals surface area contributed by atoms with Crippen LogP contribution in [0.4, 0.5) is 0 Å². The van der Waals surface area contributed by atoms with Gasteiger partial charge in [-0.2, -0.15) is 0 Å². The van der Waals surface area contributed by atoms with Crippen molar-refractivity contribution < 1.29 is 9.90 Å². The lowest BCUT2D eigenvalue weighted by atomic mass is 10.1. The van der Waals surface area contributed by atoms with Crippen molar-refractivity contribution in [2.75, 3.05) is 26.2 Å². The van der Waals surface area contributed by atoms with E-state index in [1.807, 2.05) is 0 Å². The Kier molecular flexibility index (Phi) is 16.9. The largest absolute Gasteiger partial charge is 0.396 e. The van der Waals surface area contributed by atoms with Gasteiger partial charge in [0, 0.05) is 26.1 Å². The third-order valence-corrected chi connectivity index (χ3v) is 3.64. The molecule has 0 aromatic rings. The Labute approximate surface area is 131 Å². The van der Waals surface area contributed by atoms with E-state index in [0.717, 1.165) is 51.7 Å². The molecule has 0 aromatic carbocycles. The number of nitrogens with one attached hydrogen (secondary N) is 2. The molecule has 0 aliphatic carbocycles. The minimum atomic E-state index is 0.188. The molecule has 126 valence electrons. The smallest absolute Gasteiger partial charge is 0.220 e. The first-order valence-corrected chi connectivity index (χ1v) is 8.89. The molecule has 0 heterocycles. The number of carbonyl (C=O) groups is 1. The summed E-state index contributed by atoms with van der Waals surface area (Å²) < 4.78 is 0. The quantitative estimate of drug-likeness (QED) is 0.384. The highest BCUT2D eigenvalue weighted by atomic mass is 16.2. The van der Waals surface area contributed by atoms with E-state index < -0.39 is 0 Å². The Balaban J connectivity index is 3.06. The maximum atomic E-state index is 11.4. The Bertz CT molecular complexity index is 223. The molecular formula is C17H36N2O2. The summed E-state index contributed by atoms with van der Waals surface area (Å²) in [6.07, 6.45) is 12.4. The summed E-state index contributed by atoms with van der Waals surface area (Å²) in [4.78, 5) is 11.4. The molecule has 0 spiro atoms. The normalized spacial score (nSPS) is 10.8. The first-order valence-electron chi connectivity index (χ1n) is 8.89. The summed E-state index contributed by atoms with van der Waals surface area (Å²) in [5, 5.41) is 15.0. The SMILES string of the molecule is CCCCCC(=O)NCCNCCCCCCCCCO. The maximum Gasteiger partial charge on any atom is 0.220 e. The molecule has 0 rings (SSSR count). The number of hydrogen-bond acceptors (Lipinski definition) is 3. The average molecular weight is 300 g/mol. The first-order chi connectivity index (χ1) is 10.3. The molecule has 0 atom stereocenters. The van der Waals surface area contributed by atoms with E-state index in [-0.39, 0.29) is 5.91 Å². The van der Waals surface area contributed by atoms with Crippen molar-refractivity contribution in [2.45, 2.75) is 77.6 Å². The molecule has 0 fully saturated rings. The number of carbonyl (C=O) groups excluding carboxylic acids is 1. The van der Waals surface area contributed by atoms with Crippen LogP contribution in [-0.4, -0.2) is 37.3 Å². The van der Waals surface area contributed by atoms with Crippen LogP contribution in [0.1, 0.15) is 77.6 Å². The minimum absolute atomic E-state index is 0.188. The molecule has 4 heteroatoms. The van der Waals surface area contributed by atoms with Gasteiger partial charge in [0.2, 0.25) is 5.91 Å². The molecule has 0 saturated heterocycles. The van der Waals surface area contributed by atoms with Crippen LogP contribution >= 0.6 is 0 Å². The lowest BCUT2D eigenvalue weighted by Gasteiger charge is -2.07. The third kappa shape index (κ3) is 17.3. The molecule has 0 unspecified atom stereocenters. The van der Waals surface area contributed by atoms with E-state index in [1.165, 1.54) is 32.1 Å². The van der Waals surface area contributed by atoms with Gasteiger partial charge in [0.1, 0.15) is 0 Å². The van der Waals surface area contributed by atoms with Gasteiger partial charge in [0.25, 0.3) is 0 Å². The second-order valence-electron chi connectivity index (χ2n) is 5.76. The van der Waals surface area contributed by atoms with Gasteiger partial charge in [-0.1, -0.05) is 51.9 Å². The van der Waals surface area contributed by atoms with Crippen LogP contribution in [0.15, 0.2) is 0 Å². The third-order valence-electron chi connectivity index (χ3n) is 3.64. The fraction of sp³-hybridized carbons (Fsp3) is 0.941. The predicted molar refractivity (Wildman–Crippen MR) is 89.4 cm³/mol. The van der Waals surface area contributed by atoms with Gasteiger partial charge in [-0.25, -0.2) is 0 Å². The lowest BCUT2D eigenvalue weighted by molar-refractivity contribution is -0.121. The van der Waals surface area contributed by atoms with Crippen molar-refractivity contribution in [3.8, 4) is 0 Å². The zero-order chi connectivity index (χ0) is 15.6. The molecule has 1 amide bonds. The standard InChI is InChI=1S/C17H36N2O2/c1-2-3-9-12-17(21)19-15-14-18-13-10-7-5-4-6-8-11-16-20/h18,20H,2-16H2,1H3,(H,19,21). The molecule has 21 heavy (non-hydrogen) atoms. The van der Waals surface area contributed by atoms with Crippen LogP contribution < -0.4 is 10.6 Å². The van der Waals surface area contributed by atoms with E-state index in [9.17, 15) is 4.79 Å². The molecule has 0 radical (unpaired) electrons. The number of unbranched alkanes of at least 4 members (excludes halogenated alkanes) is 8. The summed E-state index contributed by atoms with van der Waals surface area (Å²) >= 11 is 0. The van der Waals surface area contributed by atoms with Crippen molar-refractivity contribution in [3.63, 3.8) is 0 Å². The van der Waals surface area contributed by atoms with Crippen LogP contribution in [0, 0.1) is 0 Å². The molecule has 0 aromatic heterocycles. The van der Waals surface area contributed by atoms with Gasteiger partial charge in [-0.05, 0) is 25.8 Å². The molecule has 0 bridgehead atoms. The molecule has 0 saturated carbocycles. The summed E-state index contributed by atoms with van der Waals surface area (Å²) in [5.41, 5.74) is 0. The zero-order valence-corrected chi connectivity index (χ0v) is 14.0. The van der Waals surface area contributed by atoms with Crippen molar-refractivity contribution in [2.24, 2.45) is 0 Å².